The third-order valence-electron chi connectivity index (χ3n) is 5.99. The van der Waals surface area contributed by atoms with Crippen LogP contribution in [0.2, 0.25) is 0 Å². The van der Waals surface area contributed by atoms with Gasteiger partial charge in [-0.05, 0) is 36.2 Å². The van der Waals surface area contributed by atoms with Crippen molar-refractivity contribution in [2.75, 3.05) is 26.2 Å². The molecule has 2 aliphatic rings. The summed E-state index contributed by atoms with van der Waals surface area (Å²) in [6.45, 7) is 3.02. The molecular weight excluding hydrogens is 390 g/mol. The highest BCUT2D eigenvalue weighted by Crippen LogP contribution is 2.42. The fraction of sp³-hybridized carbons (Fsp3) is 0.360. The Morgan fingerprint density at radius 1 is 1.10 bits per heavy atom. The molecule has 0 radical (unpaired) electrons. The lowest BCUT2D eigenvalue weighted by Crippen LogP contribution is -2.73. The Morgan fingerprint density at radius 3 is 2.42 bits per heavy atom. The van der Waals surface area contributed by atoms with Crippen LogP contribution in [-0.2, 0) is 4.79 Å². The first-order valence-electron chi connectivity index (χ1n) is 10.7. The maximum Gasteiger partial charge on any atom is 0.317 e. The van der Waals surface area contributed by atoms with Crippen LogP contribution in [0.15, 0.2) is 54.6 Å². The average molecular weight is 418 g/mol. The Kier molecular flexibility index (Phi) is 6.24. The molecule has 0 unspecified atom stereocenters. The van der Waals surface area contributed by atoms with Gasteiger partial charge in [0.05, 0.1) is 18.7 Å². The Labute approximate surface area is 182 Å². The molecule has 31 heavy (non-hydrogen) atoms. The van der Waals surface area contributed by atoms with Crippen LogP contribution in [0.5, 0.6) is 0 Å². The van der Waals surface area contributed by atoms with Crippen LogP contribution in [0, 0.1) is 11.8 Å². The summed E-state index contributed by atoms with van der Waals surface area (Å²) < 4.78 is 0. The van der Waals surface area contributed by atoms with E-state index in [0.717, 1.165) is 23.1 Å². The number of urea groups is 1. The number of fused-ring (bicyclic) bond motifs is 1. The van der Waals surface area contributed by atoms with E-state index in [0.29, 0.717) is 13.1 Å². The van der Waals surface area contributed by atoms with Crippen molar-refractivity contribution in [2.45, 2.75) is 31.3 Å². The van der Waals surface area contributed by atoms with Crippen molar-refractivity contribution in [3.05, 3.63) is 71.3 Å². The highest BCUT2D eigenvalue weighted by atomic mass is 16.3. The van der Waals surface area contributed by atoms with Gasteiger partial charge in [0.2, 0.25) is 5.91 Å². The van der Waals surface area contributed by atoms with E-state index in [1.54, 1.807) is 9.80 Å². The molecule has 2 aliphatic heterocycles. The normalized spacial score (nSPS) is 22.1. The quantitative estimate of drug-likeness (QED) is 0.749. The number of hydrogen-bond donors (Lipinski definition) is 2. The number of carbonyl (C=O) groups is 2. The monoisotopic (exact) mass is 417 g/mol. The molecule has 2 aromatic rings. The van der Waals surface area contributed by atoms with E-state index in [-0.39, 0.29) is 43.1 Å². The Morgan fingerprint density at radius 2 is 1.77 bits per heavy atom. The Bertz CT molecular complexity index is 994. The van der Waals surface area contributed by atoms with Crippen LogP contribution in [0.3, 0.4) is 0 Å². The summed E-state index contributed by atoms with van der Waals surface area (Å²) in [5.41, 5.74) is 2.92. The number of hydrogen-bond acceptors (Lipinski definition) is 3. The maximum absolute atomic E-state index is 12.6. The van der Waals surface area contributed by atoms with E-state index in [9.17, 15) is 14.7 Å². The predicted molar refractivity (Wildman–Crippen MR) is 118 cm³/mol. The molecule has 2 fully saturated rings. The van der Waals surface area contributed by atoms with Crippen molar-refractivity contribution in [1.29, 1.82) is 0 Å². The molecule has 2 N–H and O–H groups in total. The summed E-state index contributed by atoms with van der Waals surface area (Å²) >= 11 is 0. The van der Waals surface area contributed by atoms with Gasteiger partial charge in [-0.2, -0.15) is 0 Å². The third-order valence-corrected chi connectivity index (χ3v) is 5.99. The van der Waals surface area contributed by atoms with E-state index >= 15 is 0 Å². The summed E-state index contributed by atoms with van der Waals surface area (Å²) in [5.74, 6) is 6.20. The second-order valence-corrected chi connectivity index (χ2v) is 7.99. The number of aliphatic hydroxyl groups is 1. The molecule has 0 bridgehead atoms. The molecule has 2 saturated heterocycles. The lowest BCUT2D eigenvalue weighted by molar-refractivity contribution is -0.159. The van der Waals surface area contributed by atoms with Crippen LogP contribution in [0.1, 0.15) is 36.0 Å². The third kappa shape index (κ3) is 4.28. The first-order chi connectivity index (χ1) is 15.1. The lowest BCUT2D eigenvalue weighted by Gasteiger charge is -2.58. The minimum Gasteiger partial charge on any atom is -0.394 e. The first-order valence-corrected chi connectivity index (χ1v) is 10.7. The fourth-order valence-electron chi connectivity index (χ4n) is 4.45. The molecule has 0 spiro atoms. The van der Waals surface area contributed by atoms with Gasteiger partial charge < -0.3 is 20.2 Å². The van der Waals surface area contributed by atoms with Crippen molar-refractivity contribution in [2.24, 2.45) is 0 Å². The topological polar surface area (TPSA) is 72.9 Å². The van der Waals surface area contributed by atoms with Gasteiger partial charge in [-0.25, -0.2) is 4.79 Å². The smallest absolute Gasteiger partial charge is 0.317 e. The first kappa shape index (κ1) is 21.0. The zero-order valence-corrected chi connectivity index (χ0v) is 17.6. The van der Waals surface area contributed by atoms with E-state index in [2.05, 4.69) is 17.2 Å². The van der Waals surface area contributed by atoms with Crippen LogP contribution in [0.25, 0.3) is 0 Å². The predicted octanol–water partition coefficient (Wildman–Crippen LogP) is 2.18. The summed E-state index contributed by atoms with van der Waals surface area (Å²) in [7, 11) is 0. The molecule has 0 saturated carbocycles. The molecule has 6 nitrogen and oxygen atoms in total. The summed E-state index contributed by atoms with van der Waals surface area (Å²) in [5, 5.41) is 12.8. The number of benzene rings is 2. The number of carbonyl (C=O) groups excluding carboxylic acids is 2. The van der Waals surface area contributed by atoms with Crippen LogP contribution < -0.4 is 5.32 Å². The molecule has 4 rings (SSSR count). The molecule has 0 aliphatic carbocycles. The minimum absolute atomic E-state index is 0.00754. The second kappa shape index (κ2) is 9.23. The molecule has 6 heteroatoms. The zero-order valence-electron chi connectivity index (χ0n) is 17.6. The van der Waals surface area contributed by atoms with Crippen molar-refractivity contribution < 1.29 is 14.7 Å². The van der Waals surface area contributed by atoms with Gasteiger partial charge in [0.25, 0.3) is 0 Å². The standard InChI is InChI=1S/C25H27N3O3/c1-2-14-26-25(31)27-15-21-24(22(17-29)28(21)23(30)16-27)20-12-10-19(11-13-20)9-8-18-6-4-3-5-7-18/h3-7,10-13,21-22,24,29H,2,14-17H2,1H3,(H,26,31)/t21-,22-,24-/m1/s1. The van der Waals surface area contributed by atoms with Crippen LogP contribution >= 0.6 is 0 Å². The number of amides is 3. The van der Waals surface area contributed by atoms with Gasteiger partial charge in [-0.3, -0.25) is 4.79 Å². The van der Waals surface area contributed by atoms with E-state index < -0.39 is 0 Å². The largest absolute Gasteiger partial charge is 0.394 e. The van der Waals surface area contributed by atoms with E-state index in [1.165, 1.54) is 0 Å². The molecule has 2 heterocycles. The van der Waals surface area contributed by atoms with Crippen molar-refractivity contribution >= 4 is 11.9 Å². The van der Waals surface area contributed by atoms with Gasteiger partial charge in [0.15, 0.2) is 0 Å². The average Bonchev–Trinajstić information content (AvgIpc) is 2.79. The van der Waals surface area contributed by atoms with Crippen LogP contribution in [-0.4, -0.2) is 65.2 Å². The zero-order chi connectivity index (χ0) is 21.8. The second-order valence-electron chi connectivity index (χ2n) is 7.99. The van der Waals surface area contributed by atoms with Gasteiger partial charge in [0, 0.05) is 30.1 Å². The number of nitrogens with one attached hydrogen (secondary N) is 1. The molecule has 2 aromatic carbocycles. The molecular formula is C25H27N3O3. The van der Waals surface area contributed by atoms with Crippen molar-refractivity contribution in [3.8, 4) is 11.8 Å². The van der Waals surface area contributed by atoms with Crippen molar-refractivity contribution in [1.82, 2.24) is 15.1 Å². The fourth-order valence-corrected chi connectivity index (χ4v) is 4.45. The Hall–Kier alpha value is -3.30. The molecule has 3 amide bonds. The minimum atomic E-state index is -0.250. The number of aliphatic hydroxyl groups excluding tert-OH is 1. The SMILES string of the molecule is CCCNC(=O)N1CC(=O)N2[C@H](CO)[C@H](c3ccc(C#Cc4ccccc4)cc3)[C@H]2C1. The maximum atomic E-state index is 12.6. The highest BCUT2D eigenvalue weighted by molar-refractivity contribution is 5.87. The summed E-state index contributed by atoms with van der Waals surface area (Å²) in [4.78, 5) is 28.4. The van der Waals surface area contributed by atoms with Gasteiger partial charge in [-0.1, -0.05) is 49.1 Å². The van der Waals surface area contributed by atoms with Gasteiger partial charge in [0.1, 0.15) is 6.54 Å². The lowest BCUT2D eigenvalue weighted by atomic mass is 9.73. The summed E-state index contributed by atoms with van der Waals surface area (Å²) in [6, 6.07) is 17.2. The Balaban J connectivity index is 1.49. The van der Waals surface area contributed by atoms with Gasteiger partial charge >= 0.3 is 6.03 Å². The number of nitrogens with zero attached hydrogens (tertiary/aromatic N) is 2. The molecule has 0 aromatic heterocycles. The van der Waals surface area contributed by atoms with Crippen LogP contribution in [0.4, 0.5) is 4.79 Å². The molecule has 160 valence electrons. The van der Waals surface area contributed by atoms with Gasteiger partial charge in [-0.15, -0.1) is 0 Å². The number of piperazine rings is 1. The highest BCUT2D eigenvalue weighted by Gasteiger charge is 2.54. The van der Waals surface area contributed by atoms with Crippen molar-refractivity contribution in [3.63, 3.8) is 0 Å². The summed E-state index contributed by atoms with van der Waals surface area (Å²) in [6.07, 6.45) is 0.845. The van der Waals surface area contributed by atoms with E-state index in [1.807, 2.05) is 61.5 Å². The number of rotatable bonds is 4. The molecule has 3 atom stereocenters. The van der Waals surface area contributed by atoms with E-state index in [4.69, 9.17) is 0 Å².